The number of benzene rings is 2. The van der Waals surface area contributed by atoms with Crippen molar-refractivity contribution in [3.8, 4) is 17.2 Å². The fourth-order valence-corrected chi connectivity index (χ4v) is 8.89. The molecule has 3 fully saturated rings. The maximum Gasteiger partial charge on any atom is 0.301 e. The summed E-state index contributed by atoms with van der Waals surface area (Å²) in [5.41, 5.74) is -1.13. The van der Waals surface area contributed by atoms with E-state index >= 15 is 0 Å². The van der Waals surface area contributed by atoms with Crippen LogP contribution in [0, 0.1) is 43.9 Å². The van der Waals surface area contributed by atoms with Gasteiger partial charge in [-0.25, -0.2) is 4.90 Å². The molecule has 2 saturated heterocycles. The zero-order valence-electron chi connectivity index (χ0n) is 27.8. The summed E-state index contributed by atoms with van der Waals surface area (Å²) in [5.74, 6) is -7.35. The summed E-state index contributed by atoms with van der Waals surface area (Å²) in [6.45, 7) is 0. The Kier molecular flexibility index (Phi) is 8.54. The number of hydrogen-bond acceptors (Lipinski definition) is 12. The zero-order valence-corrected chi connectivity index (χ0v) is 29.3. The van der Waals surface area contributed by atoms with Crippen molar-refractivity contribution in [3.05, 3.63) is 67.8 Å². The SMILES string of the molecule is COc1cc(C=C[C@H]2C3=CC[C@@H]4C(=O)N(c5cc([N+](=O)[O-])c(N(C)C)c([N+](=O)[O-])c5)C(=O)[C@@H]4[C@@H]3C[C@@]3(Cl)C(=O)N(C)C(=O)[C@@]23Cl)cc(OC)c1O. The lowest BCUT2D eigenvalue weighted by Gasteiger charge is -2.49. The molecule has 6 rings (SSSR count). The maximum atomic E-state index is 14.4. The van der Waals surface area contributed by atoms with Gasteiger partial charge in [-0.15, -0.1) is 23.2 Å². The third-order valence-electron chi connectivity index (χ3n) is 10.2. The Morgan fingerprint density at radius 1 is 0.941 bits per heavy atom. The van der Waals surface area contributed by atoms with E-state index in [2.05, 4.69) is 0 Å². The number of imide groups is 2. The standard InChI is InChI=1S/C33H31Cl2N5O11/c1-36(2)26-21(39(46)47)12-16(13-22(26)40(48)49)38-28(42)18-8-7-17-19(25(18)29(38)43)14-32(34)30(44)37(3)31(45)33(32,35)20(17)9-6-15-10-23(50-4)27(41)24(11-15)51-5/h6-7,9-13,18-20,25,41H,8,14H2,1-5H3/t18-,19+,20-,25-,32+,33-/m0/s1. The first kappa shape index (κ1) is 35.6. The highest BCUT2D eigenvalue weighted by atomic mass is 35.5. The number of halogens is 2. The second-order valence-corrected chi connectivity index (χ2v) is 14.2. The number of nitrogens with zero attached hydrogens (tertiary/aromatic N) is 5. The first-order valence-corrected chi connectivity index (χ1v) is 16.3. The van der Waals surface area contributed by atoms with E-state index in [0.717, 1.165) is 17.0 Å². The van der Waals surface area contributed by atoms with E-state index in [1.54, 1.807) is 18.2 Å². The van der Waals surface area contributed by atoms with E-state index in [0.29, 0.717) is 16.0 Å². The van der Waals surface area contributed by atoms with Gasteiger partial charge >= 0.3 is 11.4 Å². The summed E-state index contributed by atoms with van der Waals surface area (Å²) in [6.07, 6.45) is 4.50. The van der Waals surface area contributed by atoms with Gasteiger partial charge in [0.05, 0.1) is 41.6 Å². The molecule has 4 aliphatic rings. The third kappa shape index (κ3) is 4.94. The van der Waals surface area contributed by atoms with Crippen LogP contribution in [-0.2, 0) is 19.2 Å². The van der Waals surface area contributed by atoms with Crippen LogP contribution in [0.2, 0.25) is 0 Å². The van der Waals surface area contributed by atoms with Gasteiger partial charge in [0.15, 0.2) is 26.9 Å². The minimum atomic E-state index is -2.06. The molecule has 18 heteroatoms. The fourth-order valence-electron chi connectivity index (χ4n) is 7.92. The van der Waals surface area contributed by atoms with Crippen molar-refractivity contribution in [1.29, 1.82) is 0 Å². The van der Waals surface area contributed by atoms with Crippen molar-refractivity contribution < 1.29 is 43.6 Å². The van der Waals surface area contributed by atoms with Crippen molar-refractivity contribution >= 4 is 75.7 Å². The number of nitro groups is 2. The van der Waals surface area contributed by atoms with Crippen molar-refractivity contribution in [2.75, 3.05) is 45.2 Å². The van der Waals surface area contributed by atoms with Crippen LogP contribution in [0.4, 0.5) is 22.7 Å². The maximum absolute atomic E-state index is 14.4. The van der Waals surface area contributed by atoms with E-state index in [4.69, 9.17) is 32.7 Å². The normalized spacial score (nSPS) is 28.4. The first-order chi connectivity index (χ1) is 23.9. The molecule has 0 bridgehead atoms. The van der Waals surface area contributed by atoms with Crippen molar-refractivity contribution in [1.82, 2.24) is 4.90 Å². The van der Waals surface area contributed by atoms with Crippen LogP contribution < -0.4 is 19.3 Å². The molecular weight excluding hydrogens is 713 g/mol. The van der Waals surface area contributed by atoms with Gasteiger partial charge in [-0.2, -0.15) is 0 Å². The number of alkyl halides is 2. The summed E-state index contributed by atoms with van der Waals surface area (Å²) < 4.78 is 10.5. The number of fused-ring (bicyclic) bond motifs is 4. The van der Waals surface area contributed by atoms with E-state index in [-0.39, 0.29) is 41.5 Å². The van der Waals surface area contributed by atoms with E-state index in [1.807, 2.05) is 0 Å². The molecule has 268 valence electrons. The molecule has 0 radical (unpaired) electrons. The zero-order chi connectivity index (χ0) is 37.5. The van der Waals surface area contributed by atoms with Crippen molar-refractivity contribution in [3.63, 3.8) is 0 Å². The van der Waals surface area contributed by atoms with Gasteiger partial charge in [-0.05, 0) is 36.5 Å². The number of amides is 4. The molecule has 0 spiro atoms. The Balaban J connectivity index is 1.47. The molecule has 1 N–H and O–H groups in total. The molecule has 1 saturated carbocycles. The average molecular weight is 745 g/mol. The van der Waals surface area contributed by atoms with Gasteiger partial charge in [-0.1, -0.05) is 23.8 Å². The van der Waals surface area contributed by atoms with Crippen LogP contribution in [0.25, 0.3) is 6.08 Å². The Labute approximate surface area is 300 Å². The highest BCUT2D eigenvalue weighted by molar-refractivity contribution is 6.53. The van der Waals surface area contributed by atoms with E-state index < -0.39 is 78.3 Å². The molecule has 2 aromatic rings. The molecule has 2 aromatic carbocycles. The van der Waals surface area contributed by atoms with Gasteiger partial charge in [0, 0.05) is 39.2 Å². The second-order valence-electron chi connectivity index (χ2n) is 12.9. The molecule has 2 aliphatic carbocycles. The van der Waals surface area contributed by atoms with Crippen molar-refractivity contribution in [2.24, 2.45) is 23.7 Å². The number of carbonyl (C=O) groups excluding carboxylic acids is 4. The van der Waals surface area contributed by atoms with Crippen LogP contribution in [0.5, 0.6) is 17.2 Å². The van der Waals surface area contributed by atoms with Gasteiger partial charge < -0.3 is 19.5 Å². The third-order valence-corrected chi connectivity index (χ3v) is 11.6. The minimum absolute atomic E-state index is 0.0109. The van der Waals surface area contributed by atoms with E-state index in [9.17, 15) is 44.5 Å². The number of anilines is 2. The summed E-state index contributed by atoms with van der Waals surface area (Å²) in [7, 11) is 6.72. The van der Waals surface area contributed by atoms with Crippen LogP contribution in [0.3, 0.4) is 0 Å². The summed E-state index contributed by atoms with van der Waals surface area (Å²) in [4.78, 5) is 76.8. The quantitative estimate of drug-likeness (QED) is 0.134. The highest BCUT2D eigenvalue weighted by Crippen LogP contribution is 2.63. The number of likely N-dealkylation sites (tertiary alicyclic amines) is 1. The molecule has 0 aromatic heterocycles. The lowest BCUT2D eigenvalue weighted by molar-refractivity contribution is -0.392. The number of carbonyl (C=O) groups is 4. The molecule has 6 atom stereocenters. The highest BCUT2D eigenvalue weighted by Gasteiger charge is 2.75. The number of rotatable bonds is 8. The number of phenols is 1. The number of methoxy groups -OCH3 is 2. The molecule has 2 aliphatic heterocycles. The molecule has 4 amide bonds. The fraction of sp³-hybridized carbons (Fsp3) is 0.394. The largest absolute Gasteiger partial charge is 0.502 e. The number of allylic oxidation sites excluding steroid dienone is 3. The molecule has 2 heterocycles. The first-order valence-electron chi connectivity index (χ1n) is 15.5. The predicted molar refractivity (Wildman–Crippen MR) is 183 cm³/mol. The van der Waals surface area contributed by atoms with Crippen molar-refractivity contribution in [2.45, 2.75) is 22.6 Å². The number of hydrogen-bond donors (Lipinski definition) is 1. The molecule has 0 unspecified atom stereocenters. The molecule has 51 heavy (non-hydrogen) atoms. The number of aromatic hydroxyl groups is 1. The summed E-state index contributed by atoms with van der Waals surface area (Å²) in [6, 6.07) is 4.88. The minimum Gasteiger partial charge on any atom is -0.502 e. The summed E-state index contributed by atoms with van der Waals surface area (Å²) >= 11 is 14.3. The second kappa shape index (κ2) is 12.2. The van der Waals surface area contributed by atoms with Crippen LogP contribution in [0.1, 0.15) is 18.4 Å². The lowest BCUT2D eigenvalue weighted by atomic mass is 9.57. The Bertz CT molecular complexity index is 1960. The lowest BCUT2D eigenvalue weighted by Crippen LogP contribution is -2.60. The van der Waals surface area contributed by atoms with Gasteiger partial charge in [0.1, 0.15) is 0 Å². The van der Waals surface area contributed by atoms with Gasteiger partial charge in [0.2, 0.25) is 17.6 Å². The monoisotopic (exact) mass is 743 g/mol. The predicted octanol–water partition coefficient (Wildman–Crippen LogP) is 4.03. The Morgan fingerprint density at radius 2 is 1.51 bits per heavy atom. The molecule has 16 nitrogen and oxygen atoms in total. The van der Waals surface area contributed by atoms with Gasteiger partial charge in [-0.3, -0.25) is 44.3 Å². The molecular formula is C33H31Cl2N5O11. The Hall–Kier alpha value is -5.22. The van der Waals surface area contributed by atoms with E-state index in [1.165, 1.54) is 52.4 Å². The van der Waals surface area contributed by atoms with Gasteiger partial charge in [0.25, 0.3) is 11.8 Å². The topological polar surface area (TPSA) is 203 Å². The van der Waals surface area contributed by atoms with Crippen LogP contribution >= 0.6 is 23.2 Å². The smallest absolute Gasteiger partial charge is 0.301 e. The number of nitro benzene ring substituents is 2. The Morgan fingerprint density at radius 3 is 2.02 bits per heavy atom. The summed E-state index contributed by atoms with van der Waals surface area (Å²) in [5, 5.41) is 34.5. The number of phenolic OH excluding ortho intramolecular Hbond substituents is 1. The average Bonchev–Trinajstić information content (AvgIpc) is 3.42. The van der Waals surface area contributed by atoms with Crippen LogP contribution in [0.15, 0.2) is 42.0 Å². The number of ether oxygens (including phenoxy) is 2. The van der Waals surface area contributed by atoms with Crippen LogP contribution in [-0.4, -0.2) is 88.6 Å².